The Hall–Kier alpha value is -1.03. The van der Waals surface area contributed by atoms with Crippen LogP contribution in [0, 0.1) is 24.7 Å². The van der Waals surface area contributed by atoms with E-state index in [1.54, 1.807) is 0 Å². The first kappa shape index (κ1) is 16.3. The van der Waals surface area contributed by atoms with Crippen LogP contribution in [0.3, 0.4) is 0 Å². The molecule has 0 aliphatic heterocycles. The number of aromatic nitrogens is 4. The van der Waals surface area contributed by atoms with Crippen LogP contribution in [0.4, 0.5) is 0 Å². The molecule has 118 valence electrons. The van der Waals surface area contributed by atoms with Gasteiger partial charge in [0.15, 0.2) is 5.65 Å². The summed E-state index contributed by atoms with van der Waals surface area (Å²) in [6.45, 7) is 14.1. The molecule has 0 saturated carbocycles. The molecule has 2 aromatic rings. The lowest BCUT2D eigenvalue weighted by Crippen LogP contribution is -2.23. The average molecular weight is 311 g/mol. The highest BCUT2D eigenvalue weighted by Crippen LogP contribution is 2.30. The molecule has 2 aromatic heterocycles. The Morgan fingerprint density at radius 2 is 1.67 bits per heavy atom. The van der Waals surface area contributed by atoms with Gasteiger partial charge in [-0.1, -0.05) is 27.7 Å². The van der Waals surface area contributed by atoms with E-state index in [0.29, 0.717) is 17.8 Å². The maximum Gasteiger partial charge on any atom is 0.158 e. The summed E-state index contributed by atoms with van der Waals surface area (Å²) in [5.41, 5.74) is 3.03. The van der Waals surface area contributed by atoms with E-state index < -0.39 is 0 Å². The van der Waals surface area contributed by atoms with E-state index in [1.165, 1.54) is 0 Å². The molecule has 0 aliphatic carbocycles. The summed E-state index contributed by atoms with van der Waals surface area (Å²) in [4.78, 5) is 4.75. The fourth-order valence-electron chi connectivity index (χ4n) is 3.24. The van der Waals surface area contributed by atoms with Crippen molar-refractivity contribution in [3.8, 4) is 0 Å². The monoisotopic (exact) mass is 310 g/mol. The summed E-state index contributed by atoms with van der Waals surface area (Å²) in [6, 6.07) is 0. The van der Waals surface area contributed by atoms with Gasteiger partial charge in [0.2, 0.25) is 0 Å². The van der Waals surface area contributed by atoms with Gasteiger partial charge < -0.3 is 4.57 Å². The lowest BCUT2D eigenvalue weighted by atomic mass is 9.85. The molecule has 0 amide bonds. The minimum Gasteiger partial charge on any atom is -0.311 e. The number of hydrogen-bond donors (Lipinski definition) is 0. The summed E-state index contributed by atoms with van der Waals surface area (Å²) in [5.74, 6) is 2.78. The van der Waals surface area contributed by atoms with Crippen LogP contribution in [-0.2, 0) is 13.6 Å². The van der Waals surface area contributed by atoms with Crippen LogP contribution < -0.4 is 0 Å². The first-order chi connectivity index (χ1) is 9.73. The molecule has 0 radical (unpaired) electrons. The summed E-state index contributed by atoms with van der Waals surface area (Å²) in [5, 5.41) is 4.40. The van der Waals surface area contributed by atoms with E-state index in [-0.39, 0.29) is 5.38 Å². The lowest BCUT2D eigenvalue weighted by molar-refractivity contribution is 0.251. The zero-order valence-electron chi connectivity index (χ0n) is 14.2. The van der Waals surface area contributed by atoms with Crippen molar-refractivity contribution in [2.75, 3.05) is 0 Å². The predicted molar refractivity (Wildman–Crippen MR) is 88.7 cm³/mol. The summed E-state index contributed by atoms with van der Waals surface area (Å²) >= 11 is 6.37. The Labute approximate surface area is 132 Å². The van der Waals surface area contributed by atoms with Crippen molar-refractivity contribution in [3.63, 3.8) is 0 Å². The fraction of sp³-hybridized carbons (Fsp3) is 0.750. The molecule has 21 heavy (non-hydrogen) atoms. The molecule has 0 N–H and O–H groups in total. The number of aryl methyl sites for hydroxylation is 2. The van der Waals surface area contributed by atoms with Crippen LogP contribution in [0.25, 0.3) is 11.2 Å². The van der Waals surface area contributed by atoms with Crippen molar-refractivity contribution >= 4 is 22.8 Å². The van der Waals surface area contributed by atoms with Crippen LogP contribution in [0.15, 0.2) is 0 Å². The average Bonchev–Trinajstić information content (AvgIpc) is 2.85. The molecule has 1 unspecified atom stereocenters. The van der Waals surface area contributed by atoms with Gasteiger partial charge >= 0.3 is 0 Å². The third kappa shape index (κ3) is 2.96. The quantitative estimate of drug-likeness (QED) is 0.772. The Balaban J connectivity index is 2.57. The van der Waals surface area contributed by atoms with E-state index >= 15 is 0 Å². The van der Waals surface area contributed by atoms with Gasteiger partial charge in [0, 0.05) is 13.6 Å². The van der Waals surface area contributed by atoms with E-state index in [4.69, 9.17) is 16.6 Å². The van der Waals surface area contributed by atoms with Crippen molar-refractivity contribution in [1.29, 1.82) is 0 Å². The van der Waals surface area contributed by atoms with Gasteiger partial charge in [-0.05, 0) is 31.6 Å². The molecule has 0 fully saturated rings. The highest BCUT2D eigenvalue weighted by molar-refractivity contribution is 6.20. The van der Waals surface area contributed by atoms with Gasteiger partial charge in [-0.3, -0.25) is 4.68 Å². The molecule has 0 saturated heterocycles. The second kappa shape index (κ2) is 5.99. The van der Waals surface area contributed by atoms with Crippen LogP contribution in [-0.4, -0.2) is 19.3 Å². The molecular formula is C16H27ClN4. The first-order valence-electron chi connectivity index (χ1n) is 7.77. The van der Waals surface area contributed by atoms with Gasteiger partial charge in [0.1, 0.15) is 11.3 Å². The van der Waals surface area contributed by atoms with Gasteiger partial charge in [-0.25, -0.2) is 4.98 Å². The van der Waals surface area contributed by atoms with Crippen LogP contribution in [0.5, 0.6) is 0 Å². The van der Waals surface area contributed by atoms with Crippen LogP contribution >= 0.6 is 11.6 Å². The molecular weight excluding hydrogens is 284 g/mol. The molecule has 0 aromatic carbocycles. The zero-order valence-corrected chi connectivity index (χ0v) is 14.9. The third-order valence-corrected chi connectivity index (χ3v) is 4.58. The molecule has 5 heteroatoms. The molecule has 4 nitrogen and oxygen atoms in total. The van der Waals surface area contributed by atoms with Crippen molar-refractivity contribution < 1.29 is 0 Å². The summed E-state index contributed by atoms with van der Waals surface area (Å²) in [7, 11) is 1.98. The van der Waals surface area contributed by atoms with Gasteiger partial charge in [0.25, 0.3) is 0 Å². The standard InChI is InChI=1S/C16H27ClN4/c1-9(2)13(10(3)4)8-21-15(11(5)17)18-14-12(6)19-20(7)16(14)21/h9-11,13H,8H2,1-7H3. The Kier molecular flexibility index (Phi) is 4.66. The maximum atomic E-state index is 6.37. The number of nitrogens with zero attached hydrogens (tertiary/aromatic N) is 4. The number of rotatable bonds is 5. The van der Waals surface area contributed by atoms with E-state index in [2.05, 4.69) is 37.4 Å². The highest BCUT2D eigenvalue weighted by Gasteiger charge is 2.25. The molecule has 2 rings (SSSR count). The van der Waals surface area contributed by atoms with Crippen molar-refractivity contribution in [2.45, 2.75) is 53.5 Å². The van der Waals surface area contributed by atoms with Crippen LogP contribution in [0.1, 0.15) is 51.5 Å². The minimum atomic E-state index is -0.100. The Morgan fingerprint density at radius 3 is 2.14 bits per heavy atom. The predicted octanol–water partition coefficient (Wildman–Crippen LogP) is 4.31. The third-order valence-electron chi connectivity index (χ3n) is 4.38. The van der Waals surface area contributed by atoms with E-state index in [1.807, 2.05) is 25.6 Å². The maximum absolute atomic E-state index is 6.37. The molecule has 0 bridgehead atoms. The normalized spacial score (nSPS) is 14.0. The zero-order chi connectivity index (χ0) is 15.9. The van der Waals surface area contributed by atoms with Crippen LogP contribution in [0.2, 0.25) is 0 Å². The second-order valence-electron chi connectivity index (χ2n) is 6.73. The molecule has 2 heterocycles. The van der Waals surface area contributed by atoms with Gasteiger partial charge in [-0.2, -0.15) is 5.10 Å². The smallest absolute Gasteiger partial charge is 0.158 e. The number of halogens is 1. The van der Waals surface area contributed by atoms with Gasteiger partial charge in [-0.15, -0.1) is 11.6 Å². The topological polar surface area (TPSA) is 35.6 Å². The fourth-order valence-corrected chi connectivity index (χ4v) is 3.40. The molecule has 1 atom stereocenters. The molecule has 0 spiro atoms. The number of alkyl halides is 1. The number of hydrogen-bond acceptors (Lipinski definition) is 2. The van der Waals surface area contributed by atoms with Crippen molar-refractivity contribution in [3.05, 3.63) is 11.5 Å². The van der Waals surface area contributed by atoms with Crippen molar-refractivity contribution in [1.82, 2.24) is 19.3 Å². The molecule has 0 aliphatic rings. The second-order valence-corrected chi connectivity index (χ2v) is 7.38. The van der Waals surface area contributed by atoms with E-state index in [9.17, 15) is 0 Å². The first-order valence-corrected chi connectivity index (χ1v) is 8.21. The van der Waals surface area contributed by atoms with E-state index in [0.717, 1.165) is 29.2 Å². The number of fused-ring (bicyclic) bond motifs is 1. The van der Waals surface area contributed by atoms with Gasteiger partial charge in [0.05, 0.1) is 11.1 Å². The summed E-state index contributed by atoms with van der Waals surface area (Å²) in [6.07, 6.45) is 0. The lowest BCUT2D eigenvalue weighted by Gasteiger charge is -2.26. The SMILES string of the molecule is Cc1nn(C)c2c1nc(C(C)Cl)n2CC(C(C)C)C(C)C. The minimum absolute atomic E-state index is 0.100. The van der Waals surface area contributed by atoms with Crippen molar-refractivity contribution in [2.24, 2.45) is 24.8 Å². The Bertz CT molecular complexity index is 614. The Morgan fingerprint density at radius 1 is 1.10 bits per heavy atom. The largest absolute Gasteiger partial charge is 0.311 e. The summed E-state index contributed by atoms with van der Waals surface area (Å²) < 4.78 is 4.20. The number of imidazole rings is 1. The highest BCUT2D eigenvalue weighted by atomic mass is 35.5.